The number of rotatable bonds is 3. The third-order valence-corrected chi connectivity index (χ3v) is 7.71. The number of β-amino-alcohol motifs (C(OH)–C–C–N with tert-alkyl or cyclic N) is 1. The molecule has 1 unspecified atom stereocenters. The maximum Gasteiger partial charge on any atom is 0.312 e. The molecule has 4 heterocycles. The summed E-state index contributed by atoms with van der Waals surface area (Å²) in [7, 11) is 0. The molecule has 8 nitrogen and oxygen atoms in total. The highest BCUT2D eigenvalue weighted by molar-refractivity contribution is 6.34. The van der Waals surface area contributed by atoms with E-state index in [0.717, 1.165) is 24.8 Å². The van der Waals surface area contributed by atoms with Crippen molar-refractivity contribution in [1.82, 2.24) is 4.90 Å². The van der Waals surface area contributed by atoms with E-state index in [0.29, 0.717) is 10.7 Å². The number of allylic oxidation sites excluding steroid dienone is 1. The molecule has 1 N–H and O–H groups in total. The number of nitrogens with zero attached hydrogens (tertiary/aromatic N) is 2. The van der Waals surface area contributed by atoms with Gasteiger partial charge in [0.05, 0.1) is 35.9 Å². The fraction of sp³-hybridized carbons (Fsp3) is 0.500. The Hall–Kier alpha value is -2.68. The number of amides is 2. The largest absolute Gasteiger partial charge is 0.465 e. The van der Waals surface area contributed by atoms with Crippen LogP contribution in [-0.4, -0.2) is 71.8 Å². The second-order valence-corrected chi connectivity index (χ2v) is 9.85. The number of aliphatic hydroxyl groups is 1. The van der Waals surface area contributed by atoms with Crippen molar-refractivity contribution in [1.29, 1.82) is 0 Å². The molecule has 1 spiro atoms. The minimum Gasteiger partial charge on any atom is -0.465 e. The van der Waals surface area contributed by atoms with Gasteiger partial charge in [0.15, 0.2) is 0 Å². The summed E-state index contributed by atoms with van der Waals surface area (Å²) >= 11 is 6.51. The van der Waals surface area contributed by atoms with Gasteiger partial charge in [-0.3, -0.25) is 14.4 Å². The van der Waals surface area contributed by atoms with Crippen LogP contribution in [0, 0.1) is 18.8 Å². The lowest BCUT2D eigenvalue weighted by atomic mass is 9.78. The highest BCUT2D eigenvalue weighted by Crippen LogP contribution is 2.53. The van der Waals surface area contributed by atoms with Crippen LogP contribution in [0.2, 0.25) is 5.02 Å². The Balaban J connectivity index is 1.62. The van der Waals surface area contributed by atoms with Crippen LogP contribution in [0.1, 0.15) is 24.8 Å². The molecule has 9 heteroatoms. The van der Waals surface area contributed by atoms with Crippen LogP contribution in [0.25, 0.3) is 0 Å². The number of aryl methyl sites for hydroxylation is 1. The van der Waals surface area contributed by atoms with Crippen molar-refractivity contribution in [3.8, 4) is 0 Å². The zero-order chi connectivity index (χ0) is 24.7. The quantitative estimate of drug-likeness (QED) is 0.506. The van der Waals surface area contributed by atoms with Gasteiger partial charge >= 0.3 is 5.97 Å². The number of likely N-dealkylation sites (tertiary alicyclic amines) is 1. The van der Waals surface area contributed by atoms with Crippen LogP contribution in [0.4, 0.5) is 5.69 Å². The van der Waals surface area contributed by atoms with Crippen molar-refractivity contribution >= 4 is 35.1 Å². The monoisotopic (exact) mass is 500 g/mol. The van der Waals surface area contributed by atoms with Crippen LogP contribution in [-0.2, 0) is 23.9 Å². The van der Waals surface area contributed by atoms with E-state index in [1.807, 2.05) is 31.2 Å². The lowest BCUT2D eigenvalue weighted by molar-refractivity contribution is -0.154. The summed E-state index contributed by atoms with van der Waals surface area (Å²) in [6.07, 6.45) is 9.09. The van der Waals surface area contributed by atoms with Crippen molar-refractivity contribution in [2.24, 2.45) is 11.8 Å². The second-order valence-electron chi connectivity index (χ2n) is 9.45. The number of carbonyl (C=O) groups excluding carboxylic acids is 3. The number of anilines is 1. The number of hydrogen-bond donors (Lipinski definition) is 1. The molecule has 0 aliphatic carbocycles. The molecule has 0 saturated carbocycles. The second kappa shape index (κ2) is 9.41. The molecule has 186 valence electrons. The highest BCUT2D eigenvalue weighted by atomic mass is 35.5. The predicted octanol–water partition coefficient (Wildman–Crippen LogP) is 2.41. The summed E-state index contributed by atoms with van der Waals surface area (Å²) in [5.74, 6) is -3.07. The molecule has 5 rings (SSSR count). The summed E-state index contributed by atoms with van der Waals surface area (Å²) in [5, 5.41) is 10.2. The van der Waals surface area contributed by atoms with Gasteiger partial charge in [-0.1, -0.05) is 48.0 Å². The number of benzene rings is 1. The summed E-state index contributed by atoms with van der Waals surface area (Å²) in [6.45, 7) is 2.00. The molecule has 0 bridgehead atoms. The van der Waals surface area contributed by atoms with Gasteiger partial charge < -0.3 is 24.4 Å². The minimum absolute atomic E-state index is 0.0533. The Morgan fingerprint density at radius 2 is 2.00 bits per heavy atom. The molecule has 0 radical (unpaired) electrons. The maximum atomic E-state index is 14.2. The number of halogens is 1. The zero-order valence-corrected chi connectivity index (χ0v) is 20.3. The molecule has 1 aromatic rings. The van der Waals surface area contributed by atoms with Gasteiger partial charge in [0.2, 0.25) is 5.91 Å². The van der Waals surface area contributed by atoms with Crippen molar-refractivity contribution in [2.75, 3.05) is 31.2 Å². The van der Waals surface area contributed by atoms with Crippen molar-refractivity contribution in [2.45, 2.75) is 43.9 Å². The lowest BCUT2D eigenvalue weighted by Gasteiger charge is -2.35. The Kier molecular flexibility index (Phi) is 6.46. The molecule has 1 aromatic carbocycles. The first-order valence-corrected chi connectivity index (χ1v) is 12.4. The molecule has 5 atom stereocenters. The van der Waals surface area contributed by atoms with Crippen molar-refractivity contribution < 1.29 is 29.0 Å². The van der Waals surface area contributed by atoms with Crippen molar-refractivity contribution in [3.05, 3.63) is 53.1 Å². The number of cyclic esters (lactones) is 1. The van der Waals surface area contributed by atoms with Crippen LogP contribution < -0.4 is 4.90 Å². The normalized spacial score (nSPS) is 33.6. The average Bonchev–Trinajstić information content (AvgIpc) is 3.20. The Morgan fingerprint density at radius 3 is 2.77 bits per heavy atom. The summed E-state index contributed by atoms with van der Waals surface area (Å²) in [6, 6.07) is 4.34. The number of carbonyl (C=O) groups is 3. The van der Waals surface area contributed by atoms with Crippen LogP contribution in [0.3, 0.4) is 0 Å². The Labute approximate surface area is 209 Å². The standard InChI is InChI=1S/C26H29ClN2O6/c1-16-8-6-9-17(27)21(16)28-12-7-11-26-20(23(31)29(13-14-30)22(26)24(28)32)19-18(35-26)10-4-2-3-5-15-34-25(19)33/h4,6-11,18-20,22,30H,2-3,5,12-15H2,1H3/b10-4-/t18-,19+,20-,22?,26-/m0/s1. The Morgan fingerprint density at radius 1 is 1.17 bits per heavy atom. The molecule has 35 heavy (non-hydrogen) atoms. The van der Waals surface area contributed by atoms with E-state index < -0.39 is 41.5 Å². The third kappa shape index (κ3) is 3.79. The summed E-state index contributed by atoms with van der Waals surface area (Å²) in [5.41, 5.74) is 0.0229. The molecular weight excluding hydrogens is 472 g/mol. The van der Waals surface area contributed by atoms with E-state index >= 15 is 0 Å². The van der Waals surface area contributed by atoms with Gasteiger partial charge in [-0.2, -0.15) is 0 Å². The molecule has 2 amide bonds. The molecule has 2 fully saturated rings. The summed E-state index contributed by atoms with van der Waals surface area (Å²) in [4.78, 5) is 44.1. The van der Waals surface area contributed by atoms with E-state index in [9.17, 15) is 19.5 Å². The highest BCUT2D eigenvalue weighted by Gasteiger charge is 2.71. The number of aliphatic hydroxyl groups excluding tert-OH is 1. The minimum atomic E-state index is -1.36. The molecule has 4 aliphatic rings. The molecular formula is C26H29ClN2O6. The third-order valence-electron chi connectivity index (χ3n) is 7.40. The van der Waals surface area contributed by atoms with E-state index in [-0.39, 0.29) is 32.2 Å². The molecule has 4 aliphatic heterocycles. The van der Waals surface area contributed by atoms with Gasteiger partial charge in [0.25, 0.3) is 5.91 Å². The van der Waals surface area contributed by atoms with Crippen molar-refractivity contribution in [3.63, 3.8) is 0 Å². The number of para-hydroxylation sites is 1. The lowest BCUT2D eigenvalue weighted by Crippen LogP contribution is -2.56. The predicted molar refractivity (Wildman–Crippen MR) is 129 cm³/mol. The van der Waals surface area contributed by atoms with Gasteiger partial charge in [-0.25, -0.2) is 0 Å². The van der Waals surface area contributed by atoms with E-state index in [4.69, 9.17) is 21.1 Å². The van der Waals surface area contributed by atoms with Gasteiger partial charge in [0, 0.05) is 13.1 Å². The van der Waals surface area contributed by atoms with Crippen LogP contribution >= 0.6 is 11.6 Å². The average molecular weight is 501 g/mol. The topological polar surface area (TPSA) is 96.4 Å². The molecule has 0 aromatic heterocycles. The van der Waals surface area contributed by atoms with E-state index in [1.54, 1.807) is 23.1 Å². The fourth-order valence-corrected chi connectivity index (χ4v) is 6.25. The number of fused-ring (bicyclic) bond motifs is 2. The van der Waals surface area contributed by atoms with E-state index in [1.165, 1.54) is 4.90 Å². The van der Waals surface area contributed by atoms with Gasteiger partial charge in [-0.05, 0) is 37.8 Å². The number of ether oxygens (including phenoxy) is 2. The summed E-state index contributed by atoms with van der Waals surface area (Å²) < 4.78 is 12.1. The SMILES string of the molecule is Cc1cccc(Cl)c1N1CC=C[C@]23O[C@H]4/C=C\CCCCOC(=O)[C@H]4[C@H]2C(=O)N(CCO)C3C1=O. The fourth-order valence-electron chi connectivity index (χ4n) is 5.93. The van der Waals surface area contributed by atoms with Gasteiger partial charge in [-0.15, -0.1) is 0 Å². The Bertz CT molecular complexity index is 1080. The first kappa shape index (κ1) is 24.0. The smallest absolute Gasteiger partial charge is 0.312 e. The van der Waals surface area contributed by atoms with Crippen LogP contribution in [0.5, 0.6) is 0 Å². The zero-order valence-electron chi connectivity index (χ0n) is 19.6. The van der Waals surface area contributed by atoms with E-state index in [2.05, 4.69) is 0 Å². The first-order valence-electron chi connectivity index (χ1n) is 12.1. The first-order chi connectivity index (χ1) is 16.9. The number of esters is 1. The maximum absolute atomic E-state index is 14.2. The number of hydrogen-bond acceptors (Lipinski definition) is 6. The molecule has 2 saturated heterocycles. The van der Waals surface area contributed by atoms with Gasteiger partial charge in [0.1, 0.15) is 17.6 Å². The van der Waals surface area contributed by atoms with Crippen LogP contribution in [0.15, 0.2) is 42.5 Å².